The Kier molecular flexibility index (Phi) is 4.80. The van der Waals surface area contributed by atoms with Gasteiger partial charge in [-0.3, -0.25) is 4.79 Å². The van der Waals surface area contributed by atoms with Gasteiger partial charge in [-0.1, -0.05) is 11.6 Å². The molecule has 3 rings (SSSR count). The highest BCUT2D eigenvalue weighted by molar-refractivity contribution is 6.30. The molecule has 6 nitrogen and oxygen atoms in total. The number of amides is 2. The van der Waals surface area contributed by atoms with Crippen molar-refractivity contribution in [2.24, 2.45) is 5.92 Å². The van der Waals surface area contributed by atoms with Crippen molar-refractivity contribution in [2.75, 3.05) is 31.1 Å². The fourth-order valence-electron chi connectivity index (χ4n) is 3.21. The van der Waals surface area contributed by atoms with Gasteiger partial charge in [0.05, 0.1) is 10.9 Å². The normalized spacial score (nSPS) is 23.6. The highest BCUT2D eigenvalue weighted by Crippen LogP contribution is 2.25. The van der Waals surface area contributed by atoms with Crippen LogP contribution < -0.4 is 10.2 Å². The Hall–Kier alpha value is -2.02. The van der Waals surface area contributed by atoms with E-state index in [0.717, 1.165) is 12.1 Å². The Balaban J connectivity index is 1.53. The highest BCUT2D eigenvalue weighted by Gasteiger charge is 2.32. The van der Waals surface area contributed by atoms with E-state index in [1.54, 1.807) is 11.0 Å². The summed E-state index contributed by atoms with van der Waals surface area (Å²) >= 11 is 5.69. The average molecular weight is 356 g/mol. The average Bonchev–Trinajstić information content (AvgIpc) is 3.19. The van der Waals surface area contributed by atoms with Crippen molar-refractivity contribution in [3.05, 3.63) is 29.0 Å². The van der Waals surface area contributed by atoms with Crippen LogP contribution in [0.3, 0.4) is 0 Å². The zero-order valence-electron chi connectivity index (χ0n) is 13.0. The van der Waals surface area contributed by atoms with Crippen LogP contribution in [0.5, 0.6) is 0 Å². The van der Waals surface area contributed by atoms with Gasteiger partial charge in [-0.05, 0) is 31.0 Å². The Bertz CT molecular complexity index is 657. The summed E-state index contributed by atoms with van der Waals surface area (Å²) < 4.78 is 13.6. The summed E-state index contributed by atoms with van der Waals surface area (Å²) in [5.74, 6) is -1.80. The number of likely N-dealkylation sites (tertiary alicyclic amines) is 1. The predicted octanol–water partition coefficient (Wildman–Crippen LogP) is 2.17. The molecule has 0 aromatic heterocycles. The fraction of sp³-hybridized carbons (Fsp3) is 0.500. The number of benzene rings is 1. The van der Waals surface area contributed by atoms with Gasteiger partial charge in [-0.15, -0.1) is 0 Å². The van der Waals surface area contributed by atoms with Crippen LogP contribution in [0.15, 0.2) is 18.2 Å². The molecular formula is C16H19ClFN3O3. The summed E-state index contributed by atoms with van der Waals surface area (Å²) in [4.78, 5) is 26.7. The summed E-state index contributed by atoms with van der Waals surface area (Å²) in [6.07, 6.45) is 1.25. The Labute approximate surface area is 144 Å². The van der Waals surface area contributed by atoms with E-state index in [4.69, 9.17) is 16.7 Å². The lowest BCUT2D eigenvalue weighted by Gasteiger charge is -2.22. The molecule has 2 aliphatic heterocycles. The number of aliphatic carboxylic acids is 1. The van der Waals surface area contributed by atoms with Crippen LogP contribution >= 0.6 is 11.6 Å². The molecule has 2 atom stereocenters. The monoisotopic (exact) mass is 355 g/mol. The van der Waals surface area contributed by atoms with E-state index in [2.05, 4.69) is 5.32 Å². The molecule has 1 aromatic rings. The number of carbonyl (C=O) groups excluding carboxylic acids is 1. The van der Waals surface area contributed by atoms with Gasteiger partial charge in [-0.25, -0.2) is 9.18 Å². The third-order valence-electron chi connectivity index (χ3n) is 4.61. The minimum absolute atomic E-state index is 0.0416. The van der Waals surface area contributed by atoms with Gasteiger partial charge in [0.25, 0.3) is 0 Å². The highest BCUT2D eigenvalue weighted by atomic mass is 35.5. The first-order chi connectivity index (χ1) is 11.4. The maximum Gasteiger partial charge on any atom is 0.317 e. The molecule has 2 N–H and O–H groups in total. The molecule has 0 spiro atoms. The molecule has 0 aliphatic carbocycles. The van der Waals surface area contributed by atoms with Gasteiger partial charge in [0, 0.05) is 37.9 Å². The van der Waals surface area contributed by atoms with Crippen LogP contribution in [0.4, 0.5) is 14.9 Å². The first kappa shape index (κ1) is 16.8. The van der Waals surface area contributed by atoms with Crippen molar-refractivity contribution in [3.63, 3.8) is 0 Å². The third kappa shape index (κ3) is 3.56. The molecule has 0 saturated carbocycles. The van der Waals surface area contributed by atoms with Gasteiger partial charge in [0.1, 0.15) is 5.82 Å². The summed E-state index contributed by atoms with van der Waals surface area (Å²) in [6, 6.07) is 4.40. The second kappa shape index (κ2) is 6.84. The quantitative estimate of drug-likeness (QED) is 0.871. The van der Waals surface area contributed by atoms with E-state index < -0.39 is 17.7 Å². The molecule has 24 heavy (non-hydrogen) atoms. The maximum atomic E-state index is 13.6. The van der Waals surface area contributed by atoms with Gasteiger partial charge >= 0.3 is 12.0 Å². The molecule has 2 amide bonds. The van der Waals surface area contributed by atoms with Gasteiger partial charge < -0.3 is 20.2 Å². The van der Waals surface area contributed by atoms with Gasteiger partial charge in [0.15, 0.2) is 0 Å². The molecule has 2 heterocycles. The first-order valence-corrected chi connectivity index (χ1v) is 8.30. The summed E-state index contributed by atoms with van der Waals surface area (Å²) in [7, 11) is 0. The number of carboxylic acids is 1. The first-order valence-electron chi connectivity index (χ1n) is 7.92. The number of hydrogen-bond donors (Lipinski definition) is 2. The number of rotatable bonds is 3. The molecule has 2 aliphatic rings. The number of carboxylic acid groups (broad SMARTS) is 1. The third-order valence-corrected chi connectivity index (χ3v) is 4.92. The van der Waals surface area contributed by atoms with E-state index in [-0.39, 0.29) is 23.6 Å². The summed E-state index contributed by atoms with van der Waals surface area (Å²) in [5.41, 5.74) is 0.737. The van der Waals surface area contributed by atoms with Crippen LogP contribution in [0.25, 0.3) is 0 Å². The van der Waals surface area contributed by atoms with Crippen LogP contribution in [0.2, 0.25) is 5.02 Å². The number of nitrogens with one attached hydrogen (secondary N) is 1. The molecular weight excluding hydrogens is 337 g/mol. The zero-order valence-corrected chi connectivity index (χ0v) is 13.8. The molecule has 2 unspecified atom stereocenters. The predicted molar refractivity (Wildman–Crippen MR) is 87.9 cm³/mol. The van der Waals surface area contributed by atoms with Gasteiger partial charge in [-0.2, -0.15) is 0 Å². The number of urea groups is 1. The summed E-state index contributed by atoms with van der Waals surface area (Å²) in [5, 5.41) is 12.0. The largest absolute Gasteiger partial charge is 0.481 e. The smallest absolute Gasteiger partial charge is 0.317 e. The van der Waals surface area contributed by atoms with Crippen LogP contribution in [0.1, 0.15) is 12.8 Å². The lowest BCUT2D eigenvalue weighted by atomic mass is 10.1. The zero-order chi connectivity index (χ0) is 17.3. The van der Waals surface area contributed by atoms with Crippen molar-refractivity contribution < 1.29 is 19.1 Å². The van der Waals surface area contributed by atoms with E-state index in [9.17, 15) is 14.0 Å². The van der Waals surface area contributed by atoms with Crippen molar-refractivity contribution in [2.45, 2.75) is 18.9 Å². The number of halogens is 2. The Morgan fingerprint density at radius 2 is 2.04 bits per heavy atom. The Morgan fingerprint density at radius 3 is 2.71 bits per heavy atom. The SMILES string of the molecule is O=C(O)C1CCN(C(=O)NC2CCN(c3ccc(Cl)c(F)c3)C2)C1. The standard InChI is InChI=1S/C16H19ClFN3O3/c17-13-2-1-12(7-14(13)18)20-6-4-11(9-20)19-16(24)21-5-3-10(8-21)15(22)23/h1-2,7,10-11H,3-6,8-9H2,(H,19,24)(H,22,23). The lowest BCUT2D eigenvalue weighted by Crippen LogP contribution is -2.45. The molecule has 130 valence electrons. The van der Waals surface area contributed by atoms with Crippen molar-refractivity contribution >= 4 is 29.3 Å². The van der Waals surface area contributed by atoms with Crippen LogP contribution in [-0.2, 0) is 4.79 Å². The van der Waals surface area contributed by atoms with Gasteiger partial charge in [0.2, 0.25) is 0 Å². The van der Waals surface area contributed by atoms with E-state index in [1.807, 2.05) is 4.90 Å². The number of carbonyl (C=O) groups is 2. The number of nitrogens with zero attached hydrogens (tertiary/aromatic N) is 2. The topological polar surface area (TPSA) is 72.9 Å². The van der Waals surface area contributed by atoms with Crippen molar-refractivity contribution in [3.8, 4) is 0 Å². The molecule has 2 saturated heterocycles. The van der Waals surface area contributed by atoms with E-state index in [0.29, 0.717) is 26.1 Å². The number of anilines is 1. The number of hydrogen-bond acceptors (Lipinski definition) is 3. The Morgan fingerprint density at radius 1 is 1.25 bits per heavy atom. The maximum absolute atomic E-state index is 13.6. The van der Waals surface area contributed by atoms with Crippen LogP contribution in [0, 0.1) is 11.7 Å². The molecule has 0 radical (unpaired) electrons. The van der Waals surface area contributed by atoms with Crippen molar-refractivity contribution in [1.82, 2.24) is 10.2 Å². The van der Waals surface area contributed by atoms with E-state index >= 15 is 0 Å². The van der Waals surface area contributed by atoms with Crippen molar-refractivity contribution in [1.29, 1.82) is 0 Å². The second-order valence-corrected chi connectivity index (χ2v) is 6.66. The molecule has 8 heteroatoms. The molecule has 0 bridgehead atoms. The minimum Gasteiger partial charge on any atom is -0.481 e. The minimum atomic E-state index is -0.859. The molecule has 1 aromatic carbocycles. The summed E-state index contributed by atoms with van der Waals surface area (Å²) in [6.45, 7) is 2.01. The molecule has 2 fully saturated rings. The van der Waals surface area contributed by atoms with Crippen LogP contribution in [-0.4, -0.2) is 54.2 Å². The fourth-order valence-corrected chi connectivity index (χ4v) is 3.32. The second-order valence-electron chi connectivity index (χ2n) is 6.25. The van der Waals surface area contributed by atoms with E-state index in [1.165, 1.54) is 12.1 Å². The lowest BCUT2D eigenvalue weighted by molar-refractivity contribution is -0.141.